The summed E-state index contributed by atoms with van der Waals surface area (Å²) in [6, 6.07) is 14.7. The van der Waals surface area contributed by atoms with Gasteiger partial charge in [-0.05, 0) is 29.3 Å². The molecule has 0 fully saturated rings. The van der Waals surface area contributed by atoms with Gasteiger partial charge in [0.05, 0.1) is 11.4 Å². The van der Waals surface area contributed by atoms with Crippen LogP contribution in [0.15, 0.2) is 66.8 Å². The first-order valence-corrected chi connectivity index (χ1v) is 9.52. The van der Waals surface area contributed by atoms with Crippen molar-refractivity contribution in [2.75, 3.05) is 10.8 Å². The number of thioether (sulfide) groups is 1. The molecule has 0 amide bonds. The predicted molar refractivity (Wildman–Crippen MR) is 119 cm³/mol. The molecule has 2 rings (SSSR count). The van der Waals surface area contributed by atoms with E-state index >= 15 is 0 Å². The largest absolute Gasteiger partial charge is 0.321 e. The number of hydrogen-bond donors (Lipinski definition) is 2. The first kappa shape index (κ1) is 22.2. The number of carbonyl (C=O) groups is 1. The Balaban J connectivity index is 0.00000176. The summed E-state index contributed by atoms with van der Waals surface area (Å²) in [6.45, 7) is 11.5. The third kappa shape index (κ3) is 6.13. The van der Waals surface area contributed by atoms with Gasteiger partial charge in [-0.3, -0.25) is 9.80 Å². The number of hydrazone groups is 1. The number of para-hydroxylation sites is 1. The van der Waals surface area contributed by atoms with E-state index in [0.717, 1.165) is 16.8 Å². The molecule has 27 heavy (non-hydrogen) atoms. The number of anilines is 1. The SMILES string of the molecule is C=Cc1ccc(C(=O)CS/C(=N/N)N(N)c2ccccc2)cc1C=C.CC. The van der Waals surface area contributed by atoms with E-state index in [4.69, 9.17) is 11.7 Å². The lowest BCUT2D eigenvalue weighted by molar-refractivity contribution is 0.102. The van der Waals surface area contributed by atoms with Gasteiger partial charge < -0.3 is 5.84 Å². The molecule has 0 aliphatic heterocycles. The number of amidine groups is 1. The van der Waals surface area contributed by atoms with Gasteiger partial charge >= 0.3 is 0 Å². The van der Waals surface area contributed by atoms with Crippen molar-refractivity contribution in [3.63, 3.8) is 0 Å². The number of rotatable bonds is 6. The van der Waals surface area contributed by atoms with Crippen molar-refractivity contribution in [3.8, 4) is 0 Å². The van der Waals surface area contributed by atoms with Gasteiger partial charge in [0.1, 0.15) is 0 Å². The normalized spacial score (nSPS) is 10.4. The van der Waals surface area contributed by atoms with Crippen LogP contribution in [0.1, 0.15) is 35.3 Å². The van der Waals surface area contributed by atoms with Crippen LogP contribution in [0.2, 0.25) is 0 Å². The molecule has 2 aromatic carbocycles. The molecule has 0 radical (unpaired) electrons. The molecule has 142 valence electrons. The summed E-state index contributed by atoms with van der Waals surface area (Å²) < 4.78 is 0. The van der Waals surface area contributed by atoms with Gasteiger partial charge in [-0.25, -0.2) is 5.84 Å². The standard InChI is InChI=1S/C19H20N4OS.C2H6/c1-3-14-10-11-16(12-15(14)4-2)18(24)13-25-19(22-20)23(21)17-8-6-5-7-9-17;1-2/h3-12H,1-2,13,20-21H2;1-2H3/b22-19+;. The van der Waals surface area contributed by atoms with E-state index in [1.807, 2.05) is 50.2 Å². The van der Waals surface area contributed by atoms with Crippen LogP contribution in [0.5, 0.6) is 0 Å². The minimum Gasteiger partial charge on any atom is -0.321 e. The number of hydrazine groups is 1. The molecule has 4 N–H and O–H groups in total. The zero-order valence-corrected chi connectivity index (χ0v) is 16.6. The van der Waals surface area contributed by atoms with Crippen LogP contribution in [0.3, 0.4) is 0 Å². The molecule has 0 atom stereocenters. The van der Waals surface area contributed by atoms with E-state index in [2.05, 4.69) is 18.3 Å². The highest BCUT2D eigenvalue weighted by Gasteiger charge is 2.14. The topological polar surface area (TPSA) is 84.7 Å². The molecule has 0 aromatic heterocycles. The van der Waals surface area contributed by atoms with E-state index in [1.165, 1.54) is 16.8 Å². The lowest BCUT2D eigenvalue weighted by Gasteiger charge is -2.19. The van der Waals surface area contributed by atoms with Crippen LogP contribution in [0.25, 0.3) is 12.2 Å². The lowest BCUT2D eigenvalue weighted by atomic mass is 10.0. The first-order valence-electron chi connectivity index (χ1n) is 8.53. The van der Waals surface area contributed by atoms with Gasteiger partial charge in [0.25, 0.3) is 0 Å². The Labute approximate surface area is 165 Å². The second-order valence-electron chi connectivity index (χ2n) is 5.08. The zero-order valence-electron chi connectivity index (χ0n) is 15.8. The molecular weight excluding hydrogens is 356 g/mol. The third-order valence-electron chi connectivity index (χ3n) is 3.53. The highest BCUT2D eigenvalue weighted by molar-refractivity contribution is 8.14. The Kier molecular flexibility index (Phi) is 9.64. The minimum atomic E-state index is -0.0497. The third-order valence-corrected chi connectivity index (χ3v) is 4.50. The number of hydrogen-bond acceptors (Lipinski definition) is 5. The number of carbonyl (C=O) groups excluding carboxylic acids is 1. The van der Waals surface area contributed by atoms with Gasteiger partial charge in [-0.2, -0.15) is 5.10 Å². The molecule has 0 heterocycles. The van der Waals surface area contributed by atoms with Gasteiger partial charge in [0.15, 0.2) is 5.78 Å². The summed E-state index contributed by atoms with van der Waals surface area (Å²) in [6.07, 6.45) is 3.43. The molecule has 0 unspecified atom stereocenters. The van der Waals surface area contributed by atoms with Gasteiger partial charge in [-0.15, -0.1) is 0 Å². The smallest absolute Gasteiger partial charge is 0.201 e. The minimum absolute atomic E-state index is 0.0497. The van der Waals surface area contributed by atoms with E-state index in [9.17, 15) is 4.79 Å². The fourth-order valence-corrected chi connectivity index (χ4v) is 2.94. The summed E-state index contributed by atoms with van der Waals surface area (Å²) in [5.74, 6) is 11.6. The molecule has 0 aliphatic rings. The van der Waals surface area contributed by atoms with Crippen molar-refractivity contribution >= 4 is 40.6 Å². The molecule has 6 heteroatoms. The number of Topliss-reactive ketones (excluding diaryl/α,β-unsaturated/α-hetero) is 1. The molecule has 5 nitrogen and oxygen atoms in total. The van der Waals surface area contributed by atoms with Crippen molar-refractivity contribution in [1.82, 2.24) is 0 Å². The molecule has 0 bridgehead atoms. The fourth-order valence-electron chi connectivity index (χ4n) is 2.19. The Morgan fingerprint density at radius 3 is 2.30 bits per heavy atom. The molecule has 0 spiro atoms. The second-order valence-corrected chi connectivity index (χ2v) is 6.02. The zero-order chi connectivity index (χ0) is 20.2. The second kappa shape index (κ2) is 11.7. The van der Waals surface area contributed by atoms with Crippen molar-refractivity contribution in [3.05, 3.63) is 78.4 Å². The van der Waals surface area contributed by atoms with Crippen LogP contribution < -0.4 is 16.7 Å². The maximum Gasteiger partial charge on any atom is 0.201 e. The van der Waals surface area contributed by atoms with E-state index < -0.39 is 0 Å². The maximum atomic E-state index is 12.5. The van der Waals surface area contributed by atoms with E-state index in [0.29, 0.717) is 10.7 Å². The quantitative estimate of drug-likeness (QED) is 0.252. The molecule has 2 aromatic rings. The fraction of sp³-hybridized carbons (Fsp3) is 0.143. The Morgan fingerprint density at radius 2 is 1.74 bits per heavy atom. The maximum absolute atomic E-state index is 12.5. The lowest BCUT2D eigenvalue weighted by Crippen LogP contribution is -2.36. The average Bonchev–Trinajstić information content (AvgIpc) is 2.75. The van der Waals surface area contributed by atoms with Crippen LogP contribution in [-0.4, -0.2) is 16.7 Å². The highest BCUT2D eigenvalue weighted by Crippen LogP contribution is 2.19. The number of ketones is 1. The summed E-state index contributed by atoms with van der Waals surface area (Å²) in [7, 11) is 0. The highest BCUT2D eigenvalue weighted by atomic mass is 32.2. The van der Waals surface area contributed by atoms with E-state index in [-0.39, 0.29) is 11.5 Å². The van der Waals surface area contributed by atoms with Crippen LogP contribution in [0, 0.1) is 0 Å². The molecule has 0 aliphatic carbocycles. The number of benzene rings is 2. The van der Waals surface area contributed by atoms with Gasteiger partial charge in [0, 0.05) is 5.56 Å². The Hall–Kier alpha value is -2.83. The summed E-state index contributed by atoms with van der Waals surface area (Å²) >= 11 is 1.18. The van der Waals surface area contributed by atoms with Crippen LogP contribution in [0.4, 0.5) is 5.69 Å². The molecular formula is C21H26N4OS. The summed E-state index contributed by atoms with van der Waals surface area (Å²) in [5, 5.41) is 5.40. The van der Waals surface area contributed by atoms with Crippen molar-refractivity contribution < 1.29 is 4.79 Å². The van der Waals surface area contributed by atoms with Crippen molar-refractivity contribution in [2.24, 2.45) is 16.8 Å². The van der Waals surface area contributed by atoms with Crippen molar-refractivity contribution in [2.45, 2.75) is 13.8 Å². The molecule has 0 saturated carbocycles. The Bertz CT molecular complexity index is 803. The summed E-state index contributed by atoms with van der Waals surface area (Å²) in [5.41, 5.74) is 3.12. The monoisotopic (exact) mass is 382 g/mol. The van der Waals surface area contributed by atoms with Crippen LogP contribution in [-0.2, 0) is 0 Å². The van der Waals surface area contributed by atoms with Gasteiger partial charge in [-0.1, -0.05) is 81.3 Å². The van der Waals surface area contributed by atoms with Crippen LogP contribution >= 0.6 is 11.8 Å². The van der Waals surface area contributed by atoms with Crippen molar-refractivity contribution in [1.29, 1.82) is 0 Å². The molecule has 0 saturated heterocycles. The number of nitrogens with two attached hydrogens (primary N) is 2. The first-order chi connectivity index (χ1) is 13.1. The number of nitrogens with zero attached hydrogens (tertiary/aromatic N) is 2. The van der Waals surface area contributed by atoms with Gasteiger partial charge in [0.2, 0.25) is 5.17 Å². The Morgan fingerprint density at radius 1 is 1.11 bits per heavy atom. The van der Waals surface area contributed by atoms with E-state index in [1.54, 1.807) is 24.3 Å². The summed E-state index contributed by atoms with van der Waals surface area (Å²) in [4.78, 5) is 12.5. The average molecular weight is 383 g/mol. The predicted octanol–water partition coefficient (Wildman–Crippen LogP) is 4.52.